The van der Waals surface area contributed by atoms with E-state index in [1.165, 1.54) is 37.1 Å². The molecule has 0 saturated heterocycles. The lowest BCUT2D eigenvalue weighted by Gasteiger charge is -2.31. The summed E-state index contributed by atoms with van der Waals surface area (Å²) in [6.45, 7) is 3.01. The molecule has 0 aliphatic rings. The largest absolute Gasteiger partial charge is 0.480 e. The van der Waals surface area contributed by atoms with E-state index in [1.807, 2.05) is 35.7 Å². The standard InChI is InChI=1S/C16H18N2O3S/c1-16(2,15(20)21)18(3)13(19)9-12-10-22-14(17-12)11-7-5-4-6-8-11/h4-8,10H,9H2,1-3H3,(H,20,21). The van der Waals surface area contributed by atoms with Crippen LogP contribution in [0, 0.1) is 0 Å². The Balaban J connectivity index is 2.10. The van der Waals surface area contributed by atoms with Crippen LogP contribution in [0.15, 0.2) is 35.7 Å². The van der Waals surface area contributed by atoms with Crippen LogP contribution in [0.4, 0.5) is 0 Å². The summed E-state index contributed by atoms with van der Waals surface area (Å²) >= 11 is 1.47. The van der Waals surface area contributed by atoms with Gasteiger partial charge in [0.1, 0.15) is 10.5 Å². The van der Waals surface area contributed by atoms with E-state index < -0.39 is 11.5 Å². The fourth-order valence-corrected chi connectivity index (χ4v) is 2.66. The number of carboxylic acids is 1. The van der Waals surface area contributed by atoms with Crippen molar-refractivity contribution >= 4 is 23.2 Å². The molecule has 2 rings (SSSR count). The van der Waals surface area contributed by atoms with Crippen molar-refractivity contribution in [3.63, 3.8) is 0 Å². The Morgan fingerprint density at radius 2 is 1.91 bits per heavy atom. The van der Waals surface area contributed by atoms with Crippen LogP contribution in [0.5, 0.6) is 0 Å². The van der Waals surface area contributed by atoms with Gasteiger partial charge in [0, 0.05) is 18.0 Å². The maximum absolute atomic E-state index is 12.2. The molecule has 1 N–H and O–H groups in total. The van der Waals surface area contributed by atoms with Crippen molar-refractivity contribution in [1.29, 1.82) is 0 Å². The molecular weight excluding hydrogens is 300 g/mol. The molecule has 0 atom stereocenters. The van der Waals surface area contributed by atoms with Crippen LogP contribution in [0.1, 0.15) is 19.5 Å². The van der Waals surface area contributed by atoms with E-state index in [4.69, 9.17) is 0 Å². The second-order valence-electron chi connectivity index (χ2n) is 5.50. The average molecular weight is 318 g/mol. The molecule has 5 nitrogen and oxygen atoms in total. The molecule has 0 bridgehead atoms. The van der Waals surface area contributed by atoms with Crippen molar-refractivity contribution in [2.45, 2.75) is 25.8 Å². The number of likely N-dealkylation sites (N-methyl/N-ethyl adjacent to an activating group) is 1. The molecule has 0 radical (unpaired) electrons. The van der Waals surface area contributed by atoms with E-state index in [0.717, 1.165) is 10.6 Å². The number of hydrogen-bond donors (Lipinski definition) is 1. The van der Waals surface area contributed by atoms with Gasteiger partial charge < -0.3 is 10.0 Å². The van der Waals surface area contributed by atoms with Crippen molar-refractivity contribution in [1.82, 2.24) is 9.88 Å². The Morgan fingerprint density at radius 3 is 2.50 bits per heavy atom. The van der Waals surface area contributed by atoms with E-state index in [-0.39, 0.29) is 12.3 Å². The molecule has 2 aromatic rings. The predicted octanol–water partition coefficient (Wildman–Crippen LogP) is 2.67. The molecular formula is C16H18N2O3S. The Bertz CT molecular complexity index is 680. The molecule has 0 aliphatic carbocycles. The summed E-state index contributed by atoms with van der Waals surface area (Å²) in [5.74, 6) is -1.30. The Hall–Kier alpha value is -2.21. The van der Waals surface area contributed by atoms with Crippen LogP contribution in [-0.2, 0) is 16.0 Å². The number of aliphatic carboxylic acids is 1. The molecule has 0 unspecified atom stereocenters. The molecule has 22 heavy (non-hydrogen) atoms. The monoisotopic (exact) mass is 318 g/mol. The normalized spacial score (nSPS) is 11.2. The first-order chi connectivity index (χ1) is 10.3. The van der Waals surface area contributed by atoms with Gasteiger partial charge in [-0.05, 0) is 13.8 Å². The molecule has 0 fully saturated rings. The summed E-state index contributed by atoms with van der Waals surface area (Å²) in [4.78, 5) is 29.1. The first-order valence-corrected chi connectivity index (χ1v) is 7.70. The average Bonchev–Trinajstić information content (AvgIpc) is 2.95. The maximum Gasteiger partial charge on any atom is 0.329 e. The highest BCUT2D eigenvalue weighted by atomic mass is 32.1. The first-order valence-electron chi connectivity index (χ1n) is 6.82. The van der Waals surface area contributed by atoms with Crippen molar-refractivity contribution < 1.29 is 14.7 Å². The Kier molecular flexibility index (Phi) is 4.61. The third kappa shape index (κ3) is 3.33. The zero-order valence-electron chi connectivity index (χ0n) is 12.7. The Morgan fingerprint density at radius 1 is 1.27 bits per heavy atom. The minimum atomic E-state index is -1.24. The predicted molar refractivity (Wildman–Crippen MR) is 85.7 cm³/mol. The van der Waals surface area contributed by atoms with Crippen LogP contribution >= 0.6 is 11.3 Å². The number of aromatic nitrogens is 1. The summed E-state index contributed by atoms with van der Waals surface area (Å²) in [6, 6.07) is 9.73. The molecule has 6 heteroatoms. The molecule has 1 heterocycles. The van der Waals surface area contributed by atoms with Gasteiger partial charge in [0.2, 0.25) is 5.91 Å². The van der Waals surface area contributed by atoms with Gasteiger partial charge in [-0.2, -0.15) is 0 Å². The highest BCUT2D eigenvalue weighted by Crippen LogP contribution is 2.24. The third-order valence-electron chi connectivity index (χ3n) is 3.64. The fraction of sp³-hybridized carbons (Fsp3) is 0.312. The van der Waals surface area contributed by atoms with Crippen LogP contribution in [0.25, 0.3) is 10.6 Å². The lowest BCUT2D eigenvalue weighted by atomic mass is 10.0. The van der Waals surface area contributed by atoms with Gasteiger partial charge in [0.25, 0.3) is 0 Å². The van der Waals surface area contributed by atoms with Gasteiger partial charge in [-0.15, -0.1) is 11.3 Å². The fourth-order valence-electron chi connectivity index (χ4n) is 1.83. The minimum absolute atomic E-state index is 0.0938. The summed E-state index contributed by atoms with van der Waals surface area (Å²) in [6.07, 6.45) is 0.0938. The summed E-state index contributed by atoms with van der Waals surface area (Å²) in [7, 11) is 1.50. The van der Waals surface area contributed by atoms with E-state index in [9.17, 15) is 14.7 Å². The SMILES string of the molecule is CN(C(=O)Cc1csc(-c2ccccc2)n1)C(C)(C)C(=O)O. The zero-order chi connectivity index (χ0) is 16.3. The smallest absolute Gasteiger partial charge is 0.329 e. The van der Waals surface area contributed by atoms with Crippen LogP contribution in [-0.4, -0.2) is 39.5 Å². The van der Waals surface area contributed by atoms with Crippen LogP contribution in [0.3, 0.4) is 0 Å². The quantitative estimate of drug-likeness (QED) is 0.920. The number of carbonyl (C=O) groups excluding carboxylic acids is 1. The first kappa shape index (κ1) is 16.2. The topological polar surface area (TPSA) is 70.5 Å². The summed E-state index contributed by atoms with van der Waals surface area (Å²) < 4.78 is 0. The van der Waals surface area contributed by atoms with Gasteiger partial charge >= 0.3 is 5.97 Å². The van der Waals surface area contributed by atoms with Crippen LogP contribution in [0.2, 0.25) is 0 Å². The van der Waals surface area contributed by atoms with E-state index in [0.29, 0.717) is 5.69 Å². The number of amides is 1. The second-order valence-corrected chi connectivity index (χ2v) is 6.36. The second kappa shape index (κ2) is 6.27. The number of carbonyl (C=O) groups is 2. The van der Waals surface area contributed by atoms with Crippen LogP contribution < -0.4 is 0 Å². The van der Waals surface area contributed by atoms with E-state index >= 15 is 0 Å². The molecule has 1 aromatic heterocycles. The molecule has 116 valence electrons. The van der Waals surface area contributed by atoms with Gasteiger partial charge in [0.15, 0.2) is 0 Å². The van der Waals surface area contributed by atoms with E-state index in [2.05, 4.69) is 4.98 Å². The molecule has 1 amide bonds. The van der Waals surface area contributed by atoms with Gasteiger partial charge in [-0.25, -0.2) is 9.78 Å². The van der Waals surface area contributed by atoms with Crippen molar-refractivity contribution in [2.75, 3.05) is 7.05 Å². The molecule has 0 saturated carbocycles. The van der Waals surface area contributed by atoms with Crippen molar-refractivity contribution in [3.05, 3.63) is 41.4 Å². The highest BCUT2D eigenvalue weighted by molar-refractivity contribution is 7.13. The van der Waals surface area contributed by atoms with Gasteiger partial charge in [0.05, 0.1) is 12.1 Å². The number of nitrogens with zero attached hydrogens (tertiary/aromatic N) is 2. The zero-order valence-corrected chi connectivity index (χ0v) is 13.6. The number of thiazole rings is 1. The molecule has 0 aliphatic heterocycles. The number of hydrogen-bond acceptors (Lipinski definition) is 4. The highest BCUT2D eigenvalue weighted by Gasteiger charge is 2.35. The number of rotatable bonds is 5. The van der Waals surface area contributed by atoms with Crippen molar-refractivity contribution in [3.8, 4) is 10.6 Å². The molecule has 0 spiro atoms. The molecule has 1 aromatic carbocycles. The summed E-state index contributed by atoms with van der Waals surface area (Å²) in [5.41, 5.74) is 0.419. The van der Waals surface area contributed by atoms with Gasteiger partial charge in [-0.1, -0.05) is 30.3 Å². The lowest BCUT2D eigenvalue weighted by Crippen LogP contribution is -2.51. The third-order valence-corrected chi connectivity index (χ3v) is 4.58. The van der Waals surface area contributed by atoms with Crippen molar-refractivity contribution in [2.24, 2.45) is 0 Å². The maximum atomic E-state index is 12.2. The van der Waals surface area contributed by atoms with Gasteiger partial charge in [-0.3, -0.25) is 4.79 Å². The summed E-state index contributed by atoms with van der Waals surface area (Å²) in [5, 5.41) is 11.9. The lowest BCUT2D eigenvalue weighted by molar-refractivity contribution is -0.155. The number of benzene rings is 1. The minimum Gasteiger partial charge on any atom is -0.480 e. The Labute approximate surface area is 133 Å². The number of carboxylic acid groups (broad SMARTS) is 1. The van der Waals surface area contributed by atoms with E-state index in [1.54, 1.807) is 0 Å².